The van der Waals surface area contributed by atoms with Crippen LogP contribution in [0.3, 0.4) is 0 Å². The van der Waals surface area contributed by atoms with Crippen molar-refractivity contribution in [3.63, 3.8) is 0 Å². The first kappa shape index (κ1) is 24.9. The SMILES string of the molecule is CCOc1cc(/C=C2\SC(=Nc3ccc(Cl)cc3)NC2=O)cc(I)c1OCc1ccccc1Cl. The van der Waals surface area contributed by atoms with Crippen LogP contribution >= 0.6 is 57.6 Å². The van der Waals surface area contributed by atoms with E-state index in [0.29, 0.717) is 50.5 Å². The molecule has 1 N–H and O–H groups in total. The lowest BCUT2D eigenvalue weighted by Crippen LogP contribution is -2.19. The third kappa shape index (κ3) is 6.27. The van der Waals surface area contributed by atoms with E-state index in [9.17, 15) is 4.79 Å². The quantitative estimate of drug-likeness (QED) is 0.219. The van der Waals surface area contributed by atoms with Crippen LogP contribution in [-0.4, -0.2) is 17.7 Å². The summed E-state index contributed by atoms with van der Waals surface area (Å²) in [4.78, 5) is 17.5. The topological polar surface area (TPSA) is 59.9 Å². The van der Waals surface area contributed by atoms with Gasteiger partial charge in [-0.15, -0.1) is 0 Å². The Kier molecular flexibility index (Phi) is 8.41. The van der Waals surface area contributed by atoms with Crippen LogP contribution in [-0.2, 0) is 11.4 Å². The molecule has 0 unspecified atom stereocenters. The van der Waals surface area contributed by atoms with E-state index in [1.54, 1.807) is 24.3 Å². The molecule has 0 spiro atoms. The highest BCUT2D eigenvalue weighted by Crippen LogP contribution is 2.37. The van der Waals surface area contributed by atoms with E-state index >= 15 is 0 Å². The summed E-state index contributed by atoms with van der Waals surface area (Å²) < 4.78 is 12.8. The van der Waals surface area contributed by atoms with Crippen molar-refractivity contribution in [3.8, 4) is 11.5 Å². The molecule has 1 fully saturated rings. The minimum atomic E-state index is -0.204. The van der Waals surface area contributed by atoms with E-state index in [4.69, 9.17) is 32.7 Å². The van der Waals surface area contributed by atoms with Crippen molar-refractivity contribution in [2.75, 3.05) is 6.61 Å². The second-order valence-electron chi connectivity index (χ2n) is 7.10. The van der Waals surface area contributed by atoms with Crippen molar-refractivity contribution in [1.82, 2.24) is 5.32 Å². The zero-order valence-electron chi connectivity index (χ0n) is 18.0. The molecule has 0 aromatic heterocycles. The van der Waals surface area contributed by atoms with Crippen molar-refractivity contribution in [1.29, 1.82) is 0 Å². The summed E-state index contributed by atoms with van der Waals surface area (Å²) in [5.74, 6) is 1.04. The number of thioether (sulfide) groups is 1. The fourth-order valence-corrected chi connectivity index (χ4v) is 5.04. The summed E-state index contributed by atoms with van der Waals surface area (Å²) in [5.41, 5.74) is 2.42. The minimum absolute atomic E-state index is 0.204. The van der Waals surface area contributed by atoms with Gasteiger partial charge in [-0.05, 0) is 95.4 Å². The Morgan fingerprint density at radius 3 is 2.59 bits per heavy atom. The third-order valence-electron chi connectivity index (χ3n) is 4.67. The lowest BCUT2D eigenvalue weighted by Gasteiger charge is -2.15. The van der Waals surface area contributed by atoms with Crippen LogP contribution < -0.4 is 14.8 Å². The second-order valence-corrected chi connectivity index (χ2v) is 10.1. The molecule has 9 heteroatoms. The zero-order valence-corrected chi connectivity index (χ0v) is 22.5. The number of hydrogen-bond donors (Lipinski definition) is 1. The summed E-state index contributed by atoms with van der Waals surface area (Å²) in [7, 11) is 0. The minimum Gasteiger partial charge on any atom is -0.490 e. The number of rotatable bonds is 7. The van der Waals surface area contributed by atoms with E-state index < -0.39 is 0 Å². The Morgan fingerprint density at radius 2 is 1.85 bits per heavy atom. The normalized spacial score (nSPS) is 15.6. The molecule has 174 valence electrons. The van der Waals surface area contributed by atoms with Crippen molar-refractivity contribution in [3.05, 3.63) is 90.3 Å². The average Bonchev–Trinajstić information content (AvgIpc) is 3.14. The van der Waals surface area contributed by atoms with Crippen LogP contribution in [0.25, 0.3) is 6.08 Å². The van der Waals surface area contributed by atoms with Gasteiger partial charge in [-0.3, -0.25) is 4.79 Å². The van der Waals surface area contributed by atoms with Crippen molar-refractivity contribution in [2.24, 2.45) is 4.99 Å². The van der Waals surface area contributed by atoms with Crippen molar-refractivity contribution < 1.29 is 14.3 Å². The molecule has 0 atom stereocenters. The molecular formula is C25H19Cl2IN2O3S. The number of carbonyl (C=O) groups is 1. The summed E-state index contributed by atoms with van der Waals surface area (Å²) >= 11 is 15.7. The van der Waals surface area contributed by atoms with Gasteiger partial charge in [-0.2, -0.15) is 0 Å². The van der Waals surface area contributed by atoms with Gasteiger partial charge in [-0.1, -0.05) is 41.4 Å². The molecule has 5 nitrogen and oxygen atoms in total. The maximum atomic E-state index is 12.5. The molecule has 1 aliphatic rings. The summed E-state index contributed by atoms with van der Waals surface area (Å²) in [6.07, 6.45) is 1.81. The first-order valence-electron chi connectivity index (χ1n) is 10.3. The maximum absolute atomic E-state index is 12.5. The van der Waals surface area contributed by atoms with Crippen LogP contribution in [0, 0.1) is 3.57 Å². The number of hydrogen-bond acceptors (Lipinski definition) is 5. The number of nitrogens with zero attached hydrogens (tertiary/aromatic N) is 1. The van der Waals surface area contributed by atoms with Gasteiger partial charge in [0.1, 0.15) is 6.61 Å². The van der Waals surface area contributed by atoms with Gasteiger partial charge in [0.2, 0.25) is 0 Å². The van der Waals surface area contributed by atoms with Crippen molar-refractivity contribution >= 4 is 80.4 Å². The van der Waals surface area contributed by atoms with Gasteiger partial charge in [0.25, 0.3) is 5.91 Å². The molecule has 0 bridgehead atoms. The first-order valence-corrected chi connectivity index (χ1v) is 13.0. The number of aliphatic imine (C=N–C) groups is 1. The largest absolute Gasteiger partial charge is 0.490 e. The van der Waals surface area contributed by atoms with Gasteiger partial charge >= 0.3 is 0 Å². The molecule has 0 saturated carbocycles. The molecule has 1 heterocycles. The van der Waals surface area contributed by atoms with Gasteiger partial charge in [0, 0.05) is 15.6 Å². The molecule has 34 heavy (non-hydrogen) atoms. The highest BCUT2D eigenvalue weighted by Gasteiger charge is 2.24. The molecule has 3 aromatic carbocycles. The van der Waals surface area contributed by atoms with Crippen LogP contribution in [0.1, 0.15) is 18.1 Å². The third-order valence-corrected chi connectivity index (χ3v) is 7.00. The van der Waals surface area contributed by atoms with E-state index in [2.05, 4.69) is 32.9 Å². The first-order chi connectivity index (χ1) is 16.4. The number of amidine groups is 1. The predicted molar refractivity (Wildman–Crippen MR) is 148 cm³/mol. The van der Waals surface area contributed by atoms with Gasteiger partial charge in [-0.25, -0.2) is 4.99 Å². The number of carbonyl (C=O) groups excluding carboxylic acids is 1. The summed E-state index contributed by atoms with van der Waals surface area (Å²) in [5, 5.41) is 4.59. The molecular weight excluding hydrogens is 606 g/mol. The van der Waals surface area contributed by atoms with Gasteiger partial charge in [0.05, 0.1) is 20.8 Å². The number of halogens is 3. The number of ether oxygens (including phenoxy) is 2. The van der Waals surface area contributed by atoms with Crippen LogP contribution in [0.15, 0.2) is 70.6 Å². The zero-order chi connectivity index (χ0) is 24.1. The fraction of sp³-hybridized carbons (Fsp3) is 0.120. The van der Waals surface area contributed by atoms with E-state index in [0.717, 1.165) is 14.7 Å². The summed E-state index contributed by atoms with van der Waals surface area (Å²) in [6, 6.07) is 18.5. The Balaban J connectivity index is 1.56. The maximum Gasteiger partial charge on any atom is 0.264 e. The second kappa shape index (κ2) is 11.5. The standard InChI is InChI=1S/C25H19Cl2IN2O3S/c1-2-32-21-12-15(11-20(28)23(21)33-14-16-5-3-4-6-19(16)27)13-22-24(31)30-25(34-22)29-18-9-7-17(26)8-10-18/h3-13H,2,14H2,1H3,(H,29,30,31)/b22-13-. The van der Waals surface area contributed by atoms with E-state index in [1.165, 1.54) is 11.8 Å². The van der Waals surface area contributed by atoms with E-state index in [1.807, 2.05) is 49.4 Å². The molecule has 1 aliphatic heterocycles. The monoisotopic (exact) mass is 624 g/mol. The Bertz CT molecular complexity index is 1280. The highest BCUT2D eigenvalue weighted by atomic mass is 127. The van der Waals surface area contributed by atoms with E-state index in [-0.39, 0.29) is 5.91 Å². The predicted octanol–water partition coefficient (Wildman–Crippen LogP) is 7.47. The van der Waals surface area contributed by atoms with Gasteiger partial charge < -0.3 is 14.8 Å². The average molecular weight is 625 g/mol. The van der Waals surface area contributed by atoms with Crippen molar-refractivity contribution in [2.45, 2.75) is 13.5 Å². The smallest absolute Gasteiger partial charge is 0.264 e. The van der Waals surface area contributed by atoms with Crippen LogP contribution in [0.4, 0.5) is 5.69 Å². The molecule has 1 amide bonds. The lowest BCUT2D eigenvalue weighted by molar-refractivity contribution is -0.115. The number of benzene rings is 3. The van der Waals surface area contributed by atoms with Crippen LogP contribution in [0.5, 0.6) is 11.5 Å². The Hall–Kier alpha value is -2.20. The molecule has 0 radical (unpaired) electrons. The highest BCUT2D eigenvalue weighted by molar-refractivity contribution is 14.1. The summed E-state index contributed by atoms with van der Waals surface area (Å²) in [6.45, 7) is 2.71. The molecule has 1 saturated heterocycles. The Labute approximate surface area is 225 Å². The fourth-order valence-electron chi connectivity index (χ4n) is 3.10. The molecule has 4 rings (SSSR count). The Morgan fingerprint density at radius 1 is 1.09 bits per heavy atom. The number of nitrogens with one attached hydrogen (secondary N) is 1. The van der Waals surface area contributed by atoms with Crippen LogP contribution in [0.2, 0.25) is 10.0 Å². The lowest BCUT2D eigenvalue weighted by atomic mass is 10.1. The molecule has 3 aromatic rings. The molecule has 0 aliphatic carbocycles. The van der Waals surface area contributed by atoms with Gasteiger partial charge in [0.15, 0.2) is 16.7 Å². The number of amides is 1.